The zero-order chi connectivity index (χ0) is 13.3. The monoisotopic (exact) mass is 254 g/mol. The molecule has 0 aromatic rings. The van der Waals surface area contributed by atoms with Crippen LogP contribution in [0.3, 0.4) is 0 Å². The summed E-state index contributed by atoms with van der Waals surface area (Å²) in [5.41, 5.74) is 0. The smallest absolute Gasteiger partial charge is 0.320 e. The molecule has 3 atom stereocenters. The summed E-state index contributed by atoms with van der Waals surface area (Å²) < 4.78 is 0. The van der Waals surface area contributed by atoms with Crippen molar-refractivity contribution in [2.75, 3.05) is 13.1 Å². The Balaban J connectivity index is 1.91. The Morgan fingerprint density at radius 1 is 1.44 bits per heavy atom. The fraction of sp³-hybridized carbons (Fsp3) is 0.846. The third-order valence-electron chi connectivity index (χ3n) is 3.94. The van der Waals surface area contributed by atoms with Gasteiger partial charge in [0, 0.05) is 25.6 Å². The molecule has 0 unspecified atom stereocenters. The van der Waals surface area contributed by atoms with Gasteiger partial charge in [-0.2, -0.15) is 0 Å². The summed E-state index contributed by atoms with van der Waals surface area (Å²) in [7, 11) is 0. The molecule has 102 valence electrons. The van der Waals surface area contributed by atoms with Gasteiger partial charge in [-0.15, -0.1) is 0 Å². The van der Waals surface area contributed by atoms with E-state index in [0.29, 0.717) is 31.2 Å². The first-order valence-electron chi connectivity index (χ1n) is 6.74. The molecule has 5 nitrogen and oxygen atoms in total. The van der Waals surface area contributed by atoms with Crippen molar-refractivity contribution in [1.82, 2.24) is 10.2 Å². The van der Waals surface area contributed by atoms with Crippen molar-refractivity contribution in [1.29, 1.82) is 0 Å². The average molecular weight is 254 g/mol. The molecule has 2 rings (SSSR count). The lowest BCUT2D eigenvalue weighted by atomic mass is 9.91. The Morgan fingerprint density at radius 3 is 2.78 bits per heavy atom. The number of aliphatic carboxylic acids is 1. The molecule has 2 saturated heterocycles. The largest absolute Gasteiger partial charge is 0.480 e. The third kappa shape index (κ3) is 2.83. The van der Waals surface area contributed by atoms with Crippen LogP contribution in [-0.4, -0.2) is 47.1 Å². The van der Waals surface area contributed by atoms with Crippen LogP contribution < -0.4 is 5.32 Å². The van der Waals surface area contributed by atoms with Gasteiger partial charge in [-0.05, 0) is 24.7 Å². The zero-order valence-corrected chi connectivity index (χ0v) is 11.1. The van der Waals surface area contributed by atoms with Gasteiger partial charge in [0.2, 0.25) is 5.91 Å². The molecule has 18 heavy (non-hydrogen) atoms. The standard InChI is InChI=1S/C13H22N2O3/c1-8(2)5-12(16)15-4-3-9-6-10(13(17)18)14-11(9)7-15/h8-11,14H,3-7H2,1-2H3,(H,17,18)/t9-,10-,11-/m0/s1. The topological polar surface area (TPSA) is 69.6 Å². The van der Waals surface area contributed by atoms with Crippen LogP contribution in [0.4, 0.5) is 0 Å². The van der Waals surface area contributed by atoms with E-state index in [9.17, 15) is 9.59 Å². The molecule has 0 spiro atoms. The van der Waals surface area contributed by atoms with E-state index in [1.165, 1.54) is 0 Å². The Bertz CT molecular complexity index is 343. The van der Waals surface area contributed by atoms with E-state index in [4.69, 9.17) is 5.11 Å². The molecule has 0 aromatic heterocycles. The molecule has 0 bridgehead atoms. The van der Waals surface area contributed by atoms with Gasteiger partial charge in [0.25, 0.3) is 0 Å². The second-order valence-electron chi connectivity index (χ2n) is 5.89. The van der Waals surface area contributed by atoms with Crippen molar-refractivity contribution in [2.24, 2.45) is 11.8 Å². The van der Waals surface area contributed by atoms with Crippen molar-refractivity contribution < 1.29 is 14.7 Å². The highest BCUT2D eigenvalue weighted by Crippen LogP contribution is 2.29. The normalized spacial score (nSPS) is 31.5. The van der Waals surface area contributed by atoms with Crippen LogP contribution in [0, 0.1) is 11.8 Å². The molecular formula is C13H22N2O3. The summed E-state index contributed by atoms with van der Waals surface area (Å²) in [5.74, 6) is 0.209. The van der Waals surface area contributed by atoms with Gasteiger partial charge in [-0.25, -0.2) is 0 Å². The predicted molar refractivity (Wildman–Crippen MR) is 67.1 cm³/mol. The number of carbonyl (C=O) groups is 2. The van der Waals surface area contributed by atoms with Crippen molar-refractivity contribution >= 4 is 11.9 Å². The van der Waals surface area contributed by atoms with Crippen LogP contribution in [0.1, 0.15) is 33.1 Å². The van der Waals surface area contributed by atoms with Crippen LogP contribution in [0.5, 0.6) is 0 Å². The van der Waals surface area contributed by atoms with E-state index < -0.39 is 12.0 Å². The van der Waals surface area contributed by atoms with Crippen molar-refractivity contribution in [2.45, 2.75) is 45.2 Å². The van der Waals surface area contributed by atoms with Gasteiger partial charge in [0.1, 0.15) is 6.04 Å². The molecule has 2 N–H and O–H groups in total. The number of carboxylic acids is 1. The first-order valence-corrected chi connectivity index (χ1v) is 6.74. The average Bonchev–Trinajstić information content (AvgIpc) is 2.70. The number of piperidine rings is 1. The SMILES string of the molecule is CC(C)CC(=O)N1CC[C@H]2C[C@@H](C(=O)O)N[C@H]2C1. The highest BCUT2D eigenvalue weighted by atomic mass is 16.4. The quantitative estimate of drug-likeness (QED) is 0.777. The lowest BCUT2D eigenvalue weighted by molar-refractivity contribution is -0.139. The van der Waals surface area contributed by atoms with Gasteiger partial charge in [-0.3, -0.25) is 14.9 Å². The molecule has 2 fully saturated rings. The van der Waals surface area contributed by atoms with Crippen LogP contribution in [0.2, 0.25) is 0 Å². The molecular weight excluding hydrogens is 232 g/mol. The molecule has 0 aromatic carbocycles. The number of nitrogens with zero attached hydrogens (tertiary/aromatic N) is 1. The van der Waals surface area contributed by atoms with Crippen molar-refractivity contribution in [3.63, 3.8) is 0 Å². The molecule has 2 heterocycles. The fourth-order valence-corrected chi connectivity index (χ4v) is 2.98. The van der Waals surface area contributed by atoms with Crippen LogP contribution in [0.25, 0.3) is 0 Å². The molecule has 1 amide bonds. The molecule has 0 aliphatic carbocycles. The predicted octanol–water partition coefficient (Wildman–Crippen LogP) is 0.696. The van der Waals surface area contributed by atoms with Crippen LogP contribution in [0.15, 0.2) is 0 Å². The number of carboxylic acid groups (broad SMARTS) is 1. The lowest BCUT2D eigenvalue weighted by Gasteiger charge is -2.35. The number of amides is 1. The number of hydrogen-bond donors (Lipinski definition) is 2. The maximum atomic E-state index is 12.0. The van der Waals surface area contributed by atoms with E-state index in [0.717, 1.165) is 13.0 Å². The second kappa shape index (κ2) is 5.26. The molecule has 0 radical (unpaired) electrons. The Morgan fingerprint density at radius 2 is 2.17 bits per heavy atom. The zero-order valence-electron chi connectivity index (χ0n) is 11.1. The summed E-state index contributed by atoms with van der Waals surface area (Å²) >= 11 is 0. The maximum Gasteiger partial charge on any atom is 0.320 e. The molecule has 2 aliphatic heterocycles. The van der Waals surface area contributed by atoms with Gasteiger partial charge in [0.15, 0.2) is 0 Å². The van der Waals surface area contributed by atoms with E-state index in [1.807, 2.05) is 18.7 Å². The van der Waals surface area contributed by atoms with E-state index in [2.05, 4.69) is 5.32 Å². The Labute approximate surface area is 108 Å². The number of rotatable bonds is 3. The van der Waals surface area contributed by atoms with E-state index >= 15 is 0 Å². The lowest BCUT2D eigenvalue weighted by Crippen LogP contribution is -2.50. The number of hydrogen-bond acceptors (Lipinski definition) is 3. The minimum Gasteiger partial charge on any atom is -0.480 e. The molecule has 2 aliphatic rings. The highest BCUT2D eigenvalue weighted by molar-refractivity contribution is 5.77. The van der Waals surface area contributed by atoms with Crippen LogP contribution in [-0.2, 0) is 9.59 Å². The third-order valence-corrected chi connectivity index (χ3v) is 3.94. The summed E-state index contributed by atoms with van der Waals surface area (Å²) in [6.07, 6.45) is 2.21. The highest BCUT2D eigenvalue weighted by Gasteiger charge is 2.41. The molecule has 0 saturated carbocycles. The van der Waals surface area contributed by atoms with Crippen molar-refractivity contribution in [3.8, 4) is 0 Å². The van der Waals surface area contributed by atoms with E-state index in [-0.39, 0.29) is 11.9 Å². The number of carbonyl (C=O) groups excluding carboxylic acids is 1. The molecule has 5 heteroatoms. The van der Waals surface area contributed by atoms with E-state index in [1.54, 1.807) is 0 Å². The minimum atomic E-state index is -0.774. The second-order valence-corrected chi connectivity index (χ2v) is 5.89. The summed E-state index contributed by atoms with van der Waals surface area (Å²) in [4.78, 5) is 24.8. The summed E-state index contributed by atoms with van der Waals surface area (Å²) in [5, 5.41) is 12.1. The first kappa shape index (κ1) is 13.3. The fourth-order valence-electron chi connectivity index (χ4n) is 2.98. The number of likely N-dealkylation sites (tertiary alicyclic amines) is 1. The Kier molecular flexibility index (Phi) is 3.90. The number of fused-ring (bicyclic) bond motifs is 1. The van der Waals surface area contributed by atoms with Gasteiger partial charge < -0.3 is 10.0 Å². The van der Waals surface area contributed by atoms with Crippen LogP contribution >= 0.6 is 0 Å². The maximum absolute atomic E-state index is 12.0. The number of nitrogens with one attached hydrogen (secondary N) is 1. The summed E-state index contributed by atoms with van der Waals surface area (Å²) in [6.45, 7) is 5.53. The van der Waals surface area contributed by atoms with Gasteiger partial charge >= 0.3 is 5.97 Å². The Hall–Kier alpha value is -1.10. The van der Waals surface area contributed by atoms with Gasteiger partial charge in [-0.1, -0.05) is 13.8 Å². The first-order chi connectivity index (χ1) is 8.47. The van der Waals surface area contributed by atoms with Gasteiger partial charge in [0.05, 0.1) is 0 Å². The minimum absolute atomic E-state index is 0.163. The summed E-state index contributed by atoms with van der Waals surface area (Å²) in [6, 6.07) is -0.267. The van der Waals surface area contributed by atoms with Crippen molar-refractivity contribution in [3.05, 3.63) is 0 Å².